The molecule has 0 saturated heterocycles. The molecule has 1 aliphatic carbocycles. The lowest BCUT2D eigenvalue weighted by molar-refractivity contribution is -0.121. The molecule has 1 saturated carbocycles. The Morgan fingerprint density at radius 1 is 1.19 bits per heavy atom. The molecule has 0 radical (unpaired) electrons. The van der Waals surface area contributed by atoms with Crippen molar-refractivity contribution in [3.63, 3.8) is 0 Å². The van der Waals surface area contributed by atoms with Crippen LogP contribution in [-0.2, 0) is 16.0 Å². The minimum atomic E-state index is -0.169. The highest BCUT2D eigenvalue weighted by molar-refractivity contribution is 7.15. The molecule has 4 rings (SSSR count). The van der Waals surface area contributed by atoms with E-state index in [-0.39, 0.29) is 17.7 Å². The smallest absolute Gasteiger partial charge is 0.227 e. The summed E-state index contributed by atoms with van der Waals surface area (Å²) in [6.07, 6.45) is 7.65. The van der Waals surface area contributed by atoms with E-state index in [1.165, 1.54) is 43.4 Å². The summed E-state index contributed by atoms with van der Waals surface area (Å²) >= 11 is 1.49. The number of hydrogen-bond donors (Lipinski definition) is 2. The lowest BCUT2D eigenvalue weighted by Crippen LogP contribution is -2.30. The number of carbonyl (C=O) groups excluding carboxylic acids is 2. The summed E-state index contributed by atoms with van der Waals surface area (Å²) in [5.74, 6) is 0.218. The van der Waals surface area contributed by atoms with E-state index in [4.69, 9.17) is 0 Å². The van der Waals surface area contributed by atoms with Crippen molar-refractivity contribution in [2.75, 3.05) is 10.6 Å². The van der Waals surface area contributed by atoms with Crippen molar-refractivity contribution < 1.29 is 9.59 Å². The molecular formula is C20H24N4O2S. The van der Waals surface area contributed by atoms with Crippen LogP contribution in [0.15, 0.2) is 24.3 Å². The van der Waals surface area contributed by atoms with E-state index < -0.39 is 0 Å². The second kappa shape index (κ2) is 8.17. The summed E-state index contributed by atoms with van der Waals surface area (Å²) in [6, 6.07) is 7.82. The number of fused-ring (bicyclic) bond motifs is 1. The highest BCUT2D eigenvalue weighted by Gasteiger charge is 2.26. The topological polar surface area (TPSA) is 84.0 Å². The lowest BCUT2D eigenvalue weighted by Gasteiger charge is -2.24. The van der Waals surface area contributed by atoms with Crippen LogP contribution in [0.25, 0.3) is 0 Å². The van der Waals surface area contributed by atoms with Crippen LogP contribution in [0.5, 0.6) is 0 Å². The highest BCUT2D eigenvalue weighted by atomic mass is 32.1. The summed E-state index contributed by atoms with van der Waals surface area (Å²) in [7, 11) is 0. The maximum absolute atomic E-state index is 12.3. The van der Waals surface area contributed by atoms with E-state index in [9.17, 15) is 9.59 Å². The number of aromatic nitrogens is 2. The summed E-state index contributed by atoms with van der Waals surface area (Å²) in [6.45, 7) is 0. The van der Waals surface area contributed by atoms with Crippen LogP contribution in [0, 0.1) is 5.92 Å². The van der Waals surface area contributed by atoms with Gasteiger partial charge in [0.15, 0.2) is 0 Å². The fraction of sp³-hybridized carbons (Fsp3) is 0.500. The van der Waals surface area contributed by atoms with Gasteiger partial charge in [-0.1, -0.05) is 48.8 Å². The van der Waals surface area contributed by atoms with Crippen molar-refractivity contribution in [1.82, 2.24) is 10.2 Å². The average Bonchev–Trinajstić information content (AvgIpc) is 3.15. The minimum absolute atomic E-state index is 0.00278. The lowest BCUT2D eigenvalue weighted by atomic mass is 9.89. The van der Waals surface area contributed by atoms with Crippen LogP contribution >= 0.6 is 11.3 Å². The molecule has 0 bridgehead atoms. The fourth-order valence-electron chi connectivity index (χ4n) is 3.93. The third-order valence-electron chi connectivity index (χ3n) is 5.47. The summed E-state index contributed by atoms with van der Waals surface area (Å²) < 4.78 is 0. The monoisotopic (exact) mass is 384 g/mol. The molecule has 1 aromatic heterocycles. The van der Waals surface area contributed by atoms with Crippen molar-refractivity contribution in [2.24, 2.45) is 5.92 Å². The second-order valence-corrected chi connectivity index (χ2v) is 8.42. The van der Waals surface area contributed by atoms with E-state index >= 15 is 0 Å². The quantitative estimate of drug-likeness (QED) is 0.812. The van der Waals surface area contributed by atoms with Gasteiger partial charge in [-0.2, -0.15) is 0 Å². The van der Waals surface area contributed by atoms with Gasteiger partial charge in [-0.15, -0.1) is 10.2 Å². The standard InChI is InChI=1S/C20H24N4O2S/c25-17(22-20-24-23-19(27-20)13-6-2-1-3-7-13)11-10-15-12-14-8-4-5-9-16(14)21-18(15)26/h4-5,8-9,13,15H,1-3,6-7,10-12H2,(H,21,26)(H,22,24,25). The van der Waals surface area contributed by atoms with Crippen molar-refractivity contribution in [1.29, 1.82) is 0 Å². The molecule has 1 aliphatic heterocycles. The molecule has 1 unspecified atom stereocenters. The van der Waals surface area contributed by atoms with Gasteiger partial charge in [0.25, 0.3) is 0 Å². The fourth-order valence-corrected chi connectivity index (χ4v) is 4.86. The summed E-state index contributed by atoms with van der Waals surface area (Å²) in [5, 5.41) is 15.8. The number of hydrogen-bond acceptors (Lipinski definition) is 5. The average molecular weight is 385 g/mol. The molecule has 2 aromatic rings. The number of nitrogens with zero attached hydrogens (tertiary/aromatic N) is 2. The van der Waals surface area contributed by atoms with E-state index in [0.717, 1.165) is 16.3 Å². The van der Waals surface area contributed by atoms with Crippen LogP contribution in [-0.4, -0.2) is 22.0 Å². The van der Waals surface area contributed by atoms with Crippen molar-refractivity contribution in [2.45, 2.75) is 57.3 Å². The van der Waals surface area contributed by atoms with Crippen LogP contribution in [0.2, 0.25) is 0 Å². The number of benzene rings is 1. The first-order valence-corrected chi connectivity index (χ1v) is 10.5. The third kappa shape index (κ3) is 4.35. The number of para-hydroxylation sites is 1. The molecule has 2 aliphatic rings. The predicted molar refractivity (Wildman–Crippen MR) is 106 cm³/mol. The van der Waals surface area contributed by atoms with Crippen LogP contribution in [0.4, 0.5) is 10.8 Å². The molecule has 7 heteroatoms. The Morgan fingerprint density at radius 3 is 2.85 bits per heavy atom. The van der Waals surface area contributed by atoms with Crippen LogP contribution in [0.3, 0.4) is 0 Å². The predicted octanol–water partition coefficient (Wildman–Crippen LogP) is 4.12. The highest BCUT2D eigenvalue weighted by Crippen LogP contribution is 2.35. The minimum Gasteiger partial charge on any atom is -0.326 e. The van der Waals surface area contributed by atoms with Gasteiger partial charge in [-0.25, -0.2) is 0 Å². The maximum atomic E-state index is 12.3. The Morgan fingerprint density at radius 2 is 2.00 bits per heavy atom. The molecule has 1 aromatic carbocycles. The van der Waals surface area contributed by atoms with E-state index in [1.807, 2.05) is 24.3 Å². The maximum Gasteiger partial charge on any atom is 0.227 e. The molecule has 6 nitrogen and oxygen atoms in total. The number of carbonyl (C=O) groups is 2. The van der Waals surface area contributed by atoms with Crippen molar-refractivity contribution in [3.05, 3.63) is 34.8 Å². The number of amides is 2. The zero-order valence-corrected chi connectivity index (χ0v) is 16.1. The van der Waals surface area contributed by atoms with E-state index in [0.29, 0.717) is 30.3 Å². The molecule has 2 heterocycles. The SMILES string of the molecule is O=C(CCC1Cc2ccccc2NC1=O)Nc1nnc(C2CCCCC2)s1. The number of rotatable bonds is 5. The summed E-state index contributed by atoms with van der Waals surface area (Å²) in [5.41, 5.74) is 2.01. The first kappa shape index (κ1) is 18.1. The van der Waals surface area contributed by atoms with E-state index in [2.05, 4.69) is 20.8 Å². The Labute approximate surface area is 162 Å². The Hall–Kier alpha value is -2.28. The molecule has 1 atom stereocenters. The van der Waals surface area contributed by atoms with Crippen LogP contribution in [0.1, 0.15) is 61.4 Å². The Kier molecular flexibility index (Phi) is 5.48. The Balaban J connectivity index is 1.29. The van der Waals surface area contributed by atoms with Crippen LogP contribution < -0.4 is 10.6 Å². The van der Waals surface area contributed by atoms with Crippen molar-refractivity contribution >= 4 is 34.0 Å². The number of nitrogens with one attached hydrogen (secondary N) is 2. The van der Waals surface area contributed by atoms with Gasteiger partial charge in [0.2, 0.25) is 16.9 Å². The largest absolute Gasteiger partial charge is 0.326 e. The summed E-state index contributed by atoms with van der Waals surface area (Å²) in [4.78, 5) is 24.5. The third-order valence-corrected chi connectivity index (χ3v) is 6.47. The van der Waals surface area contributed by atoms with Gasteiger partial charge in [-0.3, -0.25) is 9.59 Å². The Bertz CT molecular complexity index is 829. The molecule has 2 amide bonds. The molecule has 2 N–H and O–H groups in total. The van der Waals surface area contributed by atoms with Gasteiger partial charge >= 0.3 is 0 Å². The van der Waals surface area contributed by atoms with E-state index in [1.54, 1.807) is 0 Å². The zero-order chi connectivity index (χ0) is 18.6. The van der Waals surface area contributed by atoms with Gasteiger partial charge in [0.05, 0.1) is 0 Å². The number of anilines is 2. The molecular weight excluding hydrogens is 360 g/mol. The first-order chi connectivity index (χ1) is 13.2. The normalized spacial score (nSPS) is 20.0. The van der Waals surface area contributed by atoms with Gasteiger partial charge in [0, 0.05) is 23.9 Å². The van der Waals surface area contributed by atoms with Crippen molar-refractivity contribution in [3.8, 4) is 0 Å². The first-order valence-electron chi connectivity index (χ1n) is 9.71. The van der Waals surface area contributed by atoms with Gasteiger partial charge in [-0.05, 0) is 37.3 Å². The van der Waals surface area contributed by atoms with Gasteiger partial charge in [0.1, 0.15) is 5.01 Å². The zero-order valence-electron chi connectivity index (χ0n) is 15.2. The molecule has 1 fully saturated rings. The molecule has 142 valence electrons. The second-order valence-electron chi connectivity index (χ2n) is 7.41. The molecule has 0 spiro atoms. The van der Waals surface area contributed by atoms with Gasteiger partial charge < -0.3 is 10.6 Å². The molecule has 27 heavy (non-hydrogen) atoms.